The first-order chi connectivity index (χ1) is 6.74. The second kappa shape index (κ2) is 5.78. The lowest BCUT2D eigenvalue weighted by Crippen LogP contribution is -2.22. The van der Waals surface area contributed by atoms with E-state index in [0.717, 1.165) is 18.5 Å². The predicted octanol–water partition coefficient (Wildman–Crippen LogP) is 2.03. The molecular weight excluding hydrogens is 174 g/mol. The van der Waals surface area contributed by atoms with Gasteiger partial charge in [-0.15, -0.1) is 0 Å². The minimum atomic E-state index is -0.387. The highest BCUT2D eigenvalue weighted by atomic mass is 16.3. The van der Waals surface area contributed by atoms with E-state index >= 15 is 0 Å². The maximum absolute atomic E-state index is 9.78. The molecule has 0 radical (unpaired) electrons. The summed E-state index contributed by atoms with van der Waals surface area (Å²) in [7, 11) is 0. The highest BCUT2D eigenvalue weighted by Gasteiger charge is 2.05. The van der Waals surface area contributed by atoms with E-state index in [1.807, 2.05) is 31.2 Å². The van der Waals surface area contributed by atoms with Gasteiger partial charge in [0.05, 0.1) is 6.10 Å². The van der Waals surface area contributed by atoms with Crippen LogP contribution >= 0.6 is 0 Å². The number of aliphatic hydroxyl groups excluding tert-OH is 1. The second-order valence-electron chi connectivity index (χ2n) is 3.63. The van der Waals surface area contributed by atoms with Crippen molar-refractivity contribution < 1.29 is 5.11 Å². The molecule has 0 aliphatic heterocycles. The van der Waals surface area contributed by atoms with Crippen LogP contribution in [0.2, 0.25) is 0 Å². The van der Waals surface area contributed by atoms with E-state index in [2.05, 4.69) is 12.2 Å². The maximum atomic E-state index is 9.78. The van der Waals surface area contributed by atoms with Gasteiger partial charge in [-0.2, -0.15) is 0 Å². The lowest BCUT2D eigenvalue weighted by molar-refractivity contribution is 0.175. The molecule has 2 nitrogen and oxygen atoms in total. The van der Waals surface area contributed by atoms with Crippen molar-refractivity contribution in [3.8, 4) is 0 Å². The number of nitrogens with one attached hydrogen (secondary N) is 1. The number of aliphatic hydroxyl groups is 1. The number of benzene rings is 1. The summed E-state index contributed by atoms with van der Waals surface area (Å²) in [5, 5.41) is 13.0. The van der Waals surface area contributed by atoms with Crippen LogP contribution in [0, 0.1) is 6.92 Å². The van der Waals surface area contributed by atoms with E-state index in [4.69, 9.17) is 0 Å². The van der Waals surface area contributed by atoms with Gasteiger partial charge in [0, 0.05) is 6.54 Å². The molecule has 1 aromatic carbocycles. The van der Waals surface area contributed by atoms with Crippen molar-refractivity contribution in [1.29, 1.82) is 0 Å². The van der Waals surface area contributed by atoms with Crippen molar-refractivity contribution in [2.45, 2.75) is 26.4 Å². The fraction of sp³-hybridized carbons (Fsp3) is 0.500. The van der Waals surface area contributed by atoms with E-state index < -0.39 is 0 Å². The molecule has 1 aromatic rings. The molecule has 1 atom stereocenters. The Morgan fingerprint density at radius 1 is 1.29 bits per heavy atom. The van der Waals surface area contributed by atoms with Crippen molar-refractivity contribution in [2.24, 2.45) is 0 Å². The summed E-state index contributed by atoms with van der Waals surface area (Å²) in [5.74, 6) is 0. The molecule has 0 aliphatic carbocycles. The minimum Gasteiger partial charge on any atom is -0.387 e. The summed E-state index contributed by atoms with van der Waals surface area (Å²) >= 11 is 0. The maximum Gasteiger partial charge on any atom is 0.0914 e. The zero-order valence-corrected chi connectivity index (χ0v) is 8.96. The Labute approximate surface area is 86.0 Å². The van der Waals surface area contributed by atoms with Crippen LogP contribution in [-0.4, -0.2) is 18.2 Å². The van der Waals surface area contributed by atoms with Crippen LogP contribution in [0.3, 0.4) is 0 Å². The van der Waals surface area contributed by atoms with Crippen molar-refractivity contribution >= 4 is 0 Å². The summed E-state index contributed by atoms with van der Waals surface area (Å²) in [6.07, 6.45) is 0.711. The molecule has 2 N–H and O–H groups in total. The van der Waals surface area contributed by atoms with Gasteiger partial charge in [-0.3, -0.25) is 0 Å². The van der Waals surface area contributed by atoms with Gasteiger partial charge in [0.25, 0.3) is 0 Å². The third-order valence-electron chi connectivity index (χ3n) is 2.23. The van der Waals surface area contributed by atoms with Crippen LogP contribution in [-0.2, 0) is 0 Å². The molecule has 0 aliphatic rings. The van der Waals surface area contributed by atoms with Gasteiger partial charge in [-0.25, -0.2) is 0 Å². The van der Waals surface area contributed by atoms with Gasteiger partial charge in [0.15, 0.2) is 0 Å². The average Bonchev–Trinajstić information content (AvgIpc) is 2.19. The SMILES string of the molecule is CCCNCC(O)c1ccc(C)cc1. The first kappa shape index (κ1) is 11.2. The lowest BCUT2D eigenvalue weighted by atomic mass is 10.1. The van der Waals surface area contributed by atoms with Crippen LogP contribution in [0.15, 0.2) is 24.3 Å². The molecule has 1 unspecified atom stereocenters. The van der Waals surface area contributed by atoms with Crippen LogP contribution in [0.25, 0.3) is 0 Å². The minimum absolute atomic E-state index is 0.387. The standard InChI is InChI=1S/C12H19NO/c1-3-8-13-9-12(14)11-6-4-10(2)5-7-11/h4-7,12-14H,3,8-9H2,1-2H3. The zero-order valence-electron chi connectivity index (χ0n) is 8.96. The van der Waals surface area contributed by atoms with E-state index in [0.29, 0.717) is 6.54 Å². The molecule has 14 heavy (non-hydrogen) atoms. The van der Waals surface area contributed by atoms with Gasteiger partial charge < -0.3 is 10.4 Å². The van der Waals surface area contributed by atoms with Gasteiger partial charge in [0.2, 0.25) is 0 Å². The molecule has 0 fully saturated rings. The summed E-state index contributed by atoms with van der Waals surface area (Å²) in [4.78, 5) is 0. The number of hydrogen-bond acceptors (Lipinski definition) is 2. The molecular formula is C12H19NO. The van der Waals surface area contributed by atoms with Crippen LogP contribution in [0.5, 0.6) is 0 Å². The average molecular weight is 193 g/mol. The lowest BCUT2D eigenvalue weighted by Gasteiger charge is -2.11. The Morgan fingerprint density at radius 2 is 1.93 bits per heavy atom. The Hall–Kier alpha value is -0.860. The van der Waals surface area contributed by atoms with Crippen LogP contribution in [0.1, 0.15) is 30.6 Å². The predicted molar refractivity (Wildman–Crippen MR) is 59.3 cm³/mol. The third-order valence-corrected chi connectivity index (χ3v) is 2.23. The summed E-state index contributed by atoms with van der Waals surface area (Å²) < 4.78 is 0. The van der Waals surface area contributed by atoms with Crippen molar-refractivity contribution in [3.05, 3.63) is 35.4 Å². The summed E-state index contributed by atoms with van der Waals surface area (Å²) in [6.45, 7) is 5.76. The fourth-order valence-electron chi connectivity index (χ4n) is 1.32. The molecule has 1 rings (SSSR count). The smallest absolute Gasteiger partial charge is 0.0914 e. The molecule has 0 aromatic heterocycles. The van der Waals surface area contributed by atoms with Gasteiger partial charge in [0.1, 0.15) is 0 Å². The topological polar surface area (TPSA) is 32.3 Å². The second-order valence-corrected chi connectivity index (χ2v) is 3.63. The van der Waals surface area contributed by atoms with E-state index in [-0.39, 0.29) is 6.10 Å². The van der Waals surface area contributed by atoms with Crippen molar-refractivity contribution in [1.82, 2.24) is 5.32 Å². The molecule has 2 heteroatoms. The highest BCUT2D eigenvalue weighted by Crippen LogP contribution is 2.12. The van der Waals surface area contributed by atoms with Crippen LogP contribution in [0.4, 0.5) is 0 Å². The van der Waals surface area contributed by atoms with E-state index in [9.17, 15) is 5.11 Å². The van der Waals surface area contributed by atoms with Crippen LogP contribution < -0.4 is 5.32 Å². The number of rotatable bonds is 5. The Kier molecular flexibility index (Phi) is 4.63. The molecule has 0 saturated heterocycles. The quantitative estimate of drug-likeness (QED) is 0.701. The molecule has 0 heterocycles. The van der Waals surface area contributed by atoms with Gasteiger partial charge >= 0.3 is 0 Å². The van der Waals surface area contributed by atoms with Gasteiger partial charge in [-0.05, 0) is 25.5 Å². The van der Waals surface area contributed by atoms with Crippen molar-refractivity contribution in [2.75, 3.05) is 13.1 Å². The van der Waals surface area contributed by atoms with Crippen molar-refractivity contribution in [3.63, 3.8) is 0 Å². The van der Waals surface area contributed by atoms with E-state index in [1.54, 1.807) is 0 Å². The normalized spacial score (nSPS) is 12.8. The summed E-state index contributed by atoms with van der Waals surface area (Å²) in [5.41, 5.74) is 2.21. The molecule has 0 amide bonds. The van der Waals surface area contributed by atoms with E-state index in [1.165, 1.54) is 5.56 Å². The largest absolute Gasteiger partial charge is 0.387 e. The fourth-order valence-corrected chi connectivity index (χ4v) is 1.32. The molecule has 0 bridgehead atoms. The summed E-state index contributed by atoms with van der Waals surface area (Å²) in [6, 6.07) is 8.01. The third kappa shape index (κ3) is 3.48. The Morgan fingerprint density at radius 3 is 2.50 bits per heavy atom. The molecule has 0 saturated carbocycles. The monoisotopic (exact) mass is 193 g/mol. The molecule has 78 valence electrons. The molecule has 0 spiro atoms. The first-order valence-electron chi connectivity index (χ1n) is 5.19. The Bertz CT molecular complexity index is 256. The zero-order chi connectivity index (χ0) is 10.4. The number of hydrogen-bond donors (Lipinski definition) is 2. The Balaban J connectivity index is 2.43. The first-order valence-corrected chi connectivity index (χ1v) is 5.19. The highest BCUT2D eigenvalue weighted by molar-refractivity contribution is 5.23. The van der Waals surface area contributed by atoms with Gasteiger partial charge in [-0.1, -0.05) is 36.8 Å². The number of aryl methyl sites for hydroxylation is 1.